The number of hydrogen-bond donors (Lipinski definition) is 2. The number of hydrogen-bond acceptors (Lipinski definition) is 4. The van der Waals surface area contributed by atoms with Gasteiger partial charge in [-0.05, 0) is 26.8 Å². The van der Waals surface area contributed by atoms with Crippen molar-refractivity contribution in [3.63, 3.8) is 0 Å². The van der Waals surface area contributed by atoms with Gasteiger partial charge in [-0.1, -0.05) is 25.7 Å². The van der Waals surface area contributed by atoms with Crippen molar-refractivity contribution in [2.45, 2.75) is 57.1 Å². The zero-order chi connectivity index (χ0) is 15.3. The fraction of sp³-hybridized carbons (Fsp3) is 0.938. The maximum Gasteiger partial charge on any atom is 0.237 e. The van der Waals surface area contributed by atoms with Gasteiger partial charge in [-0.25, -0.2) is 0 Å². The number of nitrogens with one attached hydrogen (secondary N) is 1. The number of likely N-dealkylation sites (N-methyl/N-ethyl adjacent to an activating group) is 1. The van der Waals surface area contributed by atoms with Crippen molar-refractivity contribution in [1.82, 2.24) is 15.1 Å². The van der Waals surface area contributed by atoms with Crippen LogP contribution in [-0.4, -0.2) is 72.2 Å². The second-order valence-corrected chi connectivity index (χ2v) is 6.87. The van der Waals surface area contributed by atoms with E-state index in [1.165, 1.54) is 12.8 Å². The number of carbonyl (C=O) groups is 1. The summed E-state index contributed by atoms with van der Waals surface area (Å²) >= 11 is 0. The average Bonchev–Trinajstić information content (AvgIpc) is 2.70. The minimum atomic E-state index is -0.687. The predicted molar refractivity (Wildman–Crippen MR) is 84.2 cm³/mol. The molecule has 1 amide bonds. The summed E-state index contributed by atoms with van der Waals surface area (Å²) in [5.41, 5.74) is -0.687. The first-order chi connectivity index (χ1) is 10.0. The molecule has 5 nitrogen and oxygen atoms in total. The summed E-state index contributed by atoms with van der Waals surface area (Å²) < 4.78 is 0. The lowest BCUT2D eigenvalue weighted by Crippen LogP contribution is -2.54. The molecular weight excluding hydrogens is 266 g/mol. The molecule has 1 saturated carbocycles. The molecule has 122 valence electrons. The van der Waals surface area contributed by atoms with Crippen LogP contribution in [0.4, 0.5) is 0 Å². The third kappa shape index (κ3) is 4.94. The summed E-state index contributed by atoms with van der Waals surface area (Å²) in [6.07, 6.45) is 6.18. The molecule has 1 aliphatic carbocycles. The third-order valence-corrected chi connectivity index (χ3v) is 5.09. The Kier molecular flexibility index (Phi) is 6.02. The lowest BCUT2D eigenvalue weighted by atomic mass is 9.94. The molecule has 2 aliphatic rings. The Morgan fingerprint density at radius 3 is 2.29 bits per heavy atom. The normalized spacial score (nSPS) is 26.0. The Hall–Kier alpha value is -0.650. The SMILES string of the molecule is CC(C(=O)NCC1(O)CCCCCC1)N1CCN(C)CC1. The van der Waals surface area contributed by atoms with Crippen molar-refractivity contribution in [3.05, 3.63) is 0 Å². The molecule has 1 heterocycles. The third-order valence-electron chi connectivity index (χ3n) is 5.09. The molecule has 1 aliphatic heterocycles. The lowest BCUT2D eigenvalue weighted by Gasteiger charge is -2.36. The molecule has 1 unspecified atom stereocenters. The number of aliphatic hydroxyl groups is 1. The molecule has 0 spiro atoms. The zero-order valence-corrected chi connectivity index (χ0v) is 13.6. The van der Waals surface area contributed by atoms with E-state index in [0.29, 0.717) is 6.54 Å². The van der Waals surface area contributed by atoms with Gasteiger partial charge in [0.25, 0.3) is 0 Å². The van der Waals surface area contributed by atoms with E-state index in [2.05, 4.69) is 22.2 Å². The second-order valence-electron chi connectivity index (χ2n) is 6.87. The van der Waals surface area contributed by atoms with Crippen molar-refractivity contribution < 1.29 is 9.90 Å². The van der Waals surface area contributed by atoms with Gasteiger partial charge in [-0.3, -0.25) is 9.69 Å². The maximum absolute atomic E-state index is 12.3. The maximum atomic E-state index is 12.3. The van der Waals surface area contributed by atoms with Crippen molar-refractivity contribution in [1.29, 1.82) is 0 Å². The molecule has 1 atom stereocenters. The van der Waals surface area contributed by atoms with Gasteiger partial charge < -0.3 is 15.3 Å². The summed E-state index contributed by atoms with van der Waals surface area (Å²) in [5.74, 6) is 0.0530. The molecule has 5 heteroatoms. The molecule has 2 fully saturated rings. The number of rotatable bonds is 4. The monoisotopic (exact) mass is 297 g/mol. The van der Waals surface area contributed by atoms with E-state index < -0.39 is 5.60 Å². The van der Waals surface area contributed by atoms with Crippen LogP contribution in [0.15, 0.2) is 0 Å². The Balaban J connectivity index is 1.77. The van der Waals surface area contributed by atoms with Crippen LogP contribution < -0.4 is 5.32 Å². The Labute approximate surface area is 128 Å². The van der Waals surface area contributed by atoms with Gasteiger partial charge in [0.05, 0.1) is 11.6 Å². The Morgan fingerprint density at radius 1 is 1.14 bits per heavy atom. The van der Waals surface area contributed by atoms with Gasteiger partial charge in [-0.2, -0.15) is 0 Å². The van der Waals surface area contributed by atoms with Crippen molar-refractivity contribution in [2.24, 2.45) is 0 Å². The van der Waals surface area contributed by atoms with E-state index in [-0.39, 0.29) is 11.9 Å². The van der Waals surface area contributed by atoms with Gasteiger partial charge in [0.15, 0.2) is 0 Å². The van der Waals surface area contributed by atoms with Crippen LogP contribution in [0, 0.1) is 0 Å². The van der Waals surface area contributed by atoms with E-state index in [1.807, 2.05) is 6.92 Å². The number of nitrogens with zero attached hydrogens (tertiary/aromatic N) is 2. The highest BCUT2D eigenvalue weighted by atomic mass is 16.3. The fourth-order valence-corrected chi connectivity index (χ4v) is 3.34. The molecule has 0 aromatic rings. The smallest absolute Gasteiger partial charge is 0.237 e. The van der Waals surface area contributed by atoms with Gasteiger partial charge in [0.2, 0.25) is 5.91 Å². The molecular formula is C16H31N3O2. The number of carbonyl (C=O) groups excluding carboxylic acids is 1. The van der Waals surface area contributed by atoms with Gasteiger partial charge in [-0.15, -0.1) is 0 Å². The molecule has 1 saturated heterocycles. The summed E-state index contributed by atoms with van der Waals surface area (Å²) in [6.45, 7) is 6.29. The Morgan fingerprint density at radius 2 is 1.71 bits per heavy atom. The fourth-order valence-electron chi connectivity index (χ4n) is 3.34. The van der Waals surface area contributed by atoms with Crippen LogP contribution in [0.1, 0.15) is 45.4 Å². The molecule has 0 radical (unpaired) electrons. The summed E-state index contributed by atoms with van der Waals surface area (Å²) in [5, 5.41) is 13.6. The van der Waals surface area contributed by atoms with E-state index in [4.69, 9.17) is 0 Å². The summed E-state index contributed by atoms with van der Waals surface area (Å²) in [7, 11) is 2.11. The quantitative estimate of drug-likeness (QED) is 0.755. The first-order valence-corrected chi connectivity index (χ1v) is 8.43. The summed E-state index contributed by atoms with van der Waals surface area (Å²) in [6, 6.07) is -0.104. The van der Waals surface area contributed by atoms with Crippen molar-refractivity contribution >= 4 is 5.91 Å². The highest BCUT2D eigenvalue weighted by Gasteiger charge is 2.30. The van der Waals surface area contributed by atoms with E-state index in [0.717, 1.165) is 51.9 Å². The molecule has 0 bridgehead atoms. The molecule has 2 N–H and O–H groups in total. The van der Waals surface area contributed by atoms with Crippen LogP contribution in [0.5, 0.6) is 0 Å². The van der Waals surface area contributed by atoms with E-state index >= 15 is 0 Å². The molecule has 2 rings (SSSR count). The highest BCUT2D eigenvalue weighted by Crippen LogP contribution is 2.26. The average molecular weight is 297 g/mol. The zero-order valence-electron chi connectivity index (χ0n) is 13.6. The highest BCUT2D eigenvalue weighted by molar-refractivity contribution is 5.81. The largest absolute Gasteiger partial charge is 0.388 e. The van der Waals surface area contributed by atoms with Gasteiger partial charge in [0.1, 0.15) is 0 Å². The number of amides is 1. The lowest BCUT2D eigenvalue weighted by molar-refractivity contribution is -0.128. The van der Waals surface area contributed by atoms with Crippen LogP contribution in [0.2, 0.25) is 0 Å². The predicted octanol–water partition coefficient (Wildman–Crippen LogP) is 0.824. The standard InChI is InChI=1S/C16H31N3O2/c1-14(19-11-9-18(2)10-12-19)15(20)17-13-16(21)7-5-3-4-6-8-16/h14,21H,3-13H2,1-2H3,(H,17,20). The molecule has 21 heavy (non-hydrogen) atoms. The minimum Gasteiger partial charge on any atom is -0.388 e. The second kappa shape index (κ2) is 7.56. The van der Waals surface area contributed by atoms with Crippen molar-refractivity contribution in [3.8, 4) is 0 Å². The van der Waals surface area contributed by atoms with Crippen LogP contribution in [-0.2, 0) is 4.79 Å². The van der Waals surface area contributed by atoms with E-state index in [1.54, 1.807) is 0 Å². The van der Waals surface area contributed by atoms with Crippen molar-refractivity contribution in [2.75, 3.05) is 39.8 Å². The van der Waals surface area contributed by atoms with Crippen LogP contribution in [0.25, 0.3) is 0 Å². The first kappa shape index (κ1) is 16.7. The van der Waals surface area contributed by atoms with Gasteiger partial charge in [0, 0.05) is 32.7 Å². The molecule has 0 aromatic heterocycles. The number of piperazine rings is 1. The molecule has 0 aromatic carbocycles. The Bertz CT molecular complexity index is 332. The minimum absolute atomic E-state index is 0.0530. The van der Waals surface area contributed by atoms with Gasteiger partial charge >= 0.3 is 0 Å². The van der Waals surface area contributed by atoms with Crippen LogP contribution in [0.3, 0.4) is 0 Å². The summed E-state index contributed by atoms with van der Waals surface area (Å²) in [4.78, 5) is 16.8. The first-order valence-electron chi connectivity index (χ1n) is 8.43. The van der Waals surface area contributed by atoms with E-state index in [9.17, 15) is 9.90 Å². The van der Waals surface area contributed by atoms with Crippen LogP contribution >= 0.6 is 0 Å². The topological polar surface area (TPSA) is 55.8 Å².